The van der Waals surface area contributed by atoms with Crippen LogP contribution in [0.4, 0.5) is 11.4 Å². The number of benzene rings is 4. The van der Waals surface area contributed by atoms with Crippen molar-refractivity contribution in [3.63, 3.8) is 0 Å². The first-order chi connectivity index (χ1) is 16.8. The van der Waals surface area contributed by atoms with Gasteiger partial charge in [-0.15, -0.1) is 0 Å². The second-order valence-corrected chi connectivity index (χ2v) is 8.70. The molecule has 0 aromatic heterocycles. The van der Waals surface area contributed by atoms with Gasteiger partial charge in [0.15, 0.2) is 0 Å². The molecule has 5 nitrogen and oxygen atoms in total. The number of para-hydroxylation sites is 2. The Morgan fingerprint density at radius 1 is 0.676 bits per heavy atom. The second kappa shape index (κ2) is 8.69. The van der Waals surface area contributed by atoms with Crippen LogP contribution >= 0.6 is 0 Å². The topological polar surface area (TPSA) is 51.7 Å². The Balaban J connectivity index is 1.41. The fourth-order valence-corrected chi connectivity index (χ4v) is 4.86. The molecule has 0 aliphatic carbocycles. The third kappa shape index (κ3) is 3.70. The minimum absolute atomic E-state index is 0.0378. The number of amidine groups is 1. The van der Waals surface area contributed by atoms with Crippen molar-refractivity contribution in [2.75, 3.05) is 17.3 Å². The lowest BCUT2D eigenvalue weighted by Crippen LogP contribution is -2.45. The minimum atomic E-state index is -0.197. The van der Waals surface area contributed by atoms with E-state index >= 15 is 0 Å². The lowest BCUT2D eigenvalue weighted by atomic mass is 10.00. The maximum absolute atomic E-state index is 5.15. The molecule has 34 heavy (non-hydrogen) atoms. The van der Waals surface area contributed by atoms with Crippen LogP contribution < -0.4 is 20.9 Å². The normalized spacial score (nSPS) is 21.3. The van der Waals surface area contributed by atoms with Crippen LogP contribution in [0.15, 0.2) is 114 Å². The van der Waals surface area contributed by atoms with Crippen molar-refractivity contribution >= 4 is 17.2 Å². The van der Waals surface area contributed by atoms with E-state index in [1.807, 2.05) is 12.1 Å². The van der Waals surface area contributed by atoms with E-state index in [0.29, 0.717) is 0 Å². The smallest absolute Gasteiger partial charge is 0.131 e. The summed E-state index contributed by atoms with van der Waals surface area (Å²) in [4.78, 5) is 7.45. The molecule has 0 saturated heterocycles. The molecular formula is C29H27N5. The molecule has 2 aliphatic rings. The summed E-state index contributed by atoms with van der Waals surface area (Å²) >= 11 is 0. The van der Waals surface area contributed by atoms with Gasteiger partial charge < -0.3 is 15.5 Å². The molecule has 0 saturated carbocycles. The van der Waals surface area contributed by atoms with Crippen molar-refractivity contribution < 1.29 is 0 Å². The van der Waals surface area contributed by atoms with Gasteiger partial charge in [-0.25, -0.2) is 4.99 Å². The van der Waals surface area contributed by atoms with Crippen LogP contribution in [-0.4, -0.2) is 12.9 Å². The van der Waals surface area contributed by atoms with Crippen LogP contribution in [0, 0.1) is 0 Å². The number of hydrogen-bond acceptors (Lipinski definition) is 5. The highest BCUT2D eigenvalue weighted by atomic mass is 15.3. The van der Waals surface area contributed by atoms with Gasteiger partial charge in [-0.1, -0.05) is 97.1 Å². The van der Waals surface area contributed by atoms with Crippen molar-refractivity contribution in [2.45, 2.75) is 18.5 Å². The highest BCUT2D eigenvalue weighted by Gasteiger charge is 2.32. The average Bonchev–Trinajstić information content (AvgIpc) is 3.26. The zero-order valence-corrected chi connectivity index (χ0v) is 19.0. The molecule has 4 aromatic rings. The number of nitrogens with one attached hydrogen (secondary N) is 3. The lowest BCUT2D eigenvalue weighted by molar-refractivity contribution is 0.406. The van der Waals surface area contributed by atoms with Gasteiger partial charge in [0, 0.05) is 18.2 Å². The van der Waals surface area contributed by atoms with Gasteiger partial charge in [0.05, 0.1) is 11.4 Å². The molecule has 0 spiro atoms. The maximum atomic E-state index is 5.15. The van der Waals surface area contributed by atoms with Crippen molar-refractivity contribution in [3.8, 4) is 0 Å². The summed E-state index contributed by atoms with van der Waals surface area (Å²) in [5.41, 5.74) is 6.99. The number of rotatable bonds is 4. The standard InChI is InChI=1S/C29H27N5/c1-34-25-19-11-10-18-24(25)30-29(34)23-17-9-8-16-22(23)28-32-26(20-12-4-2-5-13-20)31-27(33-28)21-14-6-3-7-15-21/h2-19,26,28-30,32H,1H3,(H,31,33). The van der Waals surface area contributed by atoms with E-state index in [0.717, 1.165) is 22.6 Å². The molecule has 0 fully saturated rings. The Morgan fingerprint density at radius 3 is 2.09 bits per heavy atom. The van der Waals surface area contributed by atoms with Gasteiger partial charge in [0.1, 0.15) is 24.3 Å². The summed E-state index contributed by atoms with van der Waals surface area (Å²) in [6, 6.07) is 37.9. The molecule has 3 N–H and O–H groups in total. The third-order valence-electron chi connectivity index (χ3n) is 6.59. The molecule has 6 rings (SSSR count). The van der Waals surface area contributed by atoms with Crippen molar-refractivity contribution in [1.29, 1.82) is 0 Å². The number of aliphatic imine (C=N–C) groups is 1. The number of nitrogens with zero attached hydrogens (tertiary/aromatic N) is 2. The van der Waals surface area contributed by atoms with Crippen LogP contribution in [0.2, 0.25) is 0 Å². The molecule has 2 heterocycles. The summed E-state index contributed by atoms with van der Waals surface area (Å²) in [5.74, 6) is 0.893. The molecule has 2 aliphatic heterocycles. The maximum Gasteiger partial charge on any atom is 0.131 e. The molecule has 0 bridgehead atoms. The Kier molecular flexibility index (Phi) is 5.24. The van der Waals surface area contributed by atoms with Gasteiger partial charge in [-0.05, 0) is 23.3 Å². The number of fused-ring (bicyclic) bond motifs is 1. The molecule has 0 amide bonds. The van der Waals surface area contributed by atoms with Crippen LogP contribution in [0.1, 0.15) is 40.8 Å². The van der Waals surface area contributed by atoms with Crippen molar-refractivity contribution in [2.24, 2.45) is 4.99 Å². The monoisotopic (exact) mass is 445 g/mol. The Hall–Kier alpha value is -4.09. The largest absolute Gasteiger partial charge is 0.360 e. The summed E-state index contributed by atoms with van der Waals surface area (Å²) in [6.45, 7) is 0. The van der Waals surface area contributed by atoms with E-state index in [1.54, 1.807) is 0 Å². The van der Waals surface area contributed by atoms with Crippen LogP contribution in [0.25, 0.3) is 0 Å². The Morgan fingerprint density at radius 2 is 1.32 bits per heavy atom. The molecule has 0 radical (unpaired) electrons. The molecule has 3 atom stereocenters. The fourth-order valence-electron chi connectivity index (χ4n) is 4.86. The first kappa shape index (κ1) is 20.5. The van der Waals surface area contributed by atoms with E-state index in [1.165, 1.54) is 16.8 Å². The van der Waals surface area contributed by atoms with Gasteiger partial charge in [0.25, 0.3) is 0 Å². The van der Waals surface area contributed by atoms with E-state index in [9.17, 15) is 0 Å². The highest BCUT2D eigenvalue weighted by Crippen LogP contribution is 2.42. The van der Waals surface area contributed by atoms with E-state index < -0.39 is 0 Å². The minimum Gasteiger partial charge on any atom is -0.360 e. The van der Waals surface area contributed by atoms with E-state index in [-0.39, 0.29) is 18.5 Å². The van der Waals surface area contributed by atoms with Gasteiger partial charge in [-0.3, -0.25) is 5.32 Å². The van der Waals surface area contributed by atoms with Crippen LogP contribution in [0.5, 0.6) is 0 Å². The molecule has 168 valence electrons. The molecular weight excluding hydrogens is 418 g/mol. The fraction of sp³-hybridized carbons (Fsp3) is 0.138. The first-order valence-electron chi connectivity index (χ1n) is 11.7. The third-order valence-corrected chi connectivity index (χ3v) is 6.59. The Labute approximate surface area is 200 Å². The quantitative estimate of drug-likeness (QED) is 0.384. The SMILES string of the molecule is CN1c2ccccc2NC1c1ccccc1C1N=C(c2ccccc2)NC(c2ccccc2)N1. The van der Waals surface area contributed by atoms with Crippen molar-refractivity contribution in [1.82, 2.24) is 10.6 Å². The lowest BCUT2D eigenvalue weighted by Gasteiger charge is -2.34. The zero-order chi connectivity index (χ0) is 22.9. The van der Waals surface area contributed by atoms with E-state index in [2.05, 4.69) is 125 Å². The summed E-state index contributed by atoms with van der Waals surface area (Å²) in [7, 11) is 2.14. The molecule has 5 heteroatoms. The average molecular weight is 446 g/mol. The predicted molar refractivity (Wildman–Crippen MR) is 139 cm³/mol. The number of hydrogen-bond donors (Lipinski definition) is 3. The highest BCUT2D eigenvalue weighted by molar-refractivity contribution is 5.99. The van der Waals surface area contributed by atoms with Crippen LogP contribution in [-0.2, 0) is 0 Å². The Bertz CT molecular complexity index is 1320. The van der Waals surface area contributed by atoms with Gasteiger partial charge in [0.2, 0.25) is 0 Å². The predicted octanol–water partition coefficient (Wildman–Crippen LogP) is 5.58. The summed E-state index contributed by atoms with van der Waals surface area (Å²) < 4.78 is 0. The van der Waals surface area contributed by atoms with E-state index in [4.69, 9.17) is 4.99 Å². The summed E-state index contributed by atoms with van der Waals surface area (Å²) in [6.07, 6.45) is -0.217. The zero-order valence-electron chi connectivity index (χ0n) is 19.0. The van der Waals surface area contributed by atoms with Gasteiger partial charge >= 0.3 is 0 Å². The molecule has 3 unspecified atom stereocenters. The summed E-state index contributed by atoms with van der Waals surface area (Å²) in [5, 5.41) is 11.1. The number of anilines is 2. The van der Waals surface area contributed by atoms with Gasteiger partial charge in [-0.2, -0.15) is 0 Å². The van der Waals surface area contributed by atoms with Crippen LogP contribution in [0.3, 0.4) is 0 Å². The first-order valence-corrected chi connectivity index (χ1v) is 11.7. The molecule has 4 aromatic carbocycles. The second-order valence-electron chi connectivity index (χ2n) is 8.70. The van der Waals surface area contributed by atoms with Crippen molar-refractivity contribution in [3.05, 3.63) is 131 Å².